The Hall–Kier alpha value is -3.41. The highest BCUT2D eigenvalue weighted by atomic mass is 16.1. The summed E-state index contributed by atoms with van der Waals surface area (Å²) in [7, 11) is 0. The Morgan fingerprint density at radius 3 is 2.57 bits per heavy atom. The molecule has 1 amide bonds. The highest BCUT2D eigenvalue weighted by molar-refractivity contribution is 6.04. The van der Waals surface area contributed by atoms with Gasteiger partial charge in [0.2, 0.25) is 0 Å². The monoisotopic (exact) mass is 401 g/mol. The molecule has 30 heavy (non-hydrogen) atoms. The Bertz CT molecular complexity index is 1210. The van der Waals surface area contributed by atoms with Crippen molar-refractivity contribution in [2.24, 2.45) is 5.92 Å². The molecule has 2 N–H and O–H groups in total. The Kier molecular flexibility index (Phi) is 5.40. The molecule has 0 atom stereocenters. The van der Waals surface area contributed by atoms with Crippen LogP contribution in [0.15, 0.2) is 48.7 Å². The van der Waals surface area contributed by atoms with Crippen LogP contribution in [0, 0.1) is 19.8 Å². The molecule has 6 heteroatoms. The van der Waals surface area contributed by atoms with Crippen molar-refractivity contribution in [2.45, 2.75) is 34.1 Å². The lowest BCUT2D eigenvalue weighted by Crippen LogP contribution is -2.14. The average molecular weight is 402 g/mol. The number of nitrogens with one attached hydrogen (secondary N) is 2. The van der Waals surface area contributed by atoms with Crippen molar-refractivity contribution in [3.63, 3.8) is 0 Å². The van der Waals surface area contributed by atoms with Gasteiger partial charge in [0.15, 0.2) is 11.5 Å². The van der Waals surface area contributed by atoms with E-state index in [2.05, 4.69) is 55.4 Å². The molecule has 0 bridgehead atoms. The summed E-state index contributed by atoms with van der Waals surface area (Å²) in [5, 5.41) is 6.45. The van der Waals surface area contributed by atoms with E-state index in [4.69, 9.17) is 4.98 Å². The number of benzene rings is 2. The molecule has 0 saturated heterocycles. The lowest BCUT2D eigenvalue weighted by Gasteiger charge is -2.14. The maximum absolute atomic E-state index is 12.8. The highest BCUT2D eigenvalue weighted by Crippen LogP contribution is 2.27. The third-order valence-electron chi connectivity index (χ3n) is 5.33. The van der Waals surface area contributed by atoms with Gasteiger partial charge in [0, 0.05) is 12.1 Å². The summed E-state index contributed by atoms with van der Waals surface area (Å²) in [6, 6.07) is 13.4. The van der Waals surface area contributed by atoms with E-state index in [1.807, 2.05) is 22.6 Å². The van der Waals surface area contributed by atoms with Crippen LogP contribution in [0.4, 0.5) is 11.6 Å². The van der Waals surface area contributed by atoms with E-state index in [0.717, 1.165) is 29.8 Å². The van der Waals surface area contributed by atoms with Crippen LogP contribution in [0.5, 0.6) is 0 Å². The standard InChI is InChI=1S/C24H27N5O/c1-15(2)10-11-25-22-23-26-14-21(28-24(30)18-8-6-5-7-9-18)29(23)20-13-17(4)16(3)12-19(20)27-22/h5-9,12-15H,10-11H2,1-4H3,(H,25,27)(H,28,30). The molecular formula is C24H27N5O. The molecule has 0 unspecified atom stereocenters. The number of fused-ring (bicyclic) bond motifs is 3. The SMILES string of the molecule is Cc1cc2nc(NCCC(C)C)c3ncc(NC(=O)c4ccccc4)n3c2cc1C. The number of hydrogen-bond acceptors (Lipinski definition) is 4. The molecule has 4 rings (SSSR count). The molecule has 0 aliphatic heterocycles. The second-order valence-corrected chi connectivity index (χ2v) is 8.12. The van der Waals surface area contributed by atoms with Gasteiger partial charge >= 0.3 is 0 Å². The fourth-order valence-corrected chi connectivity index (χ4v) is 3.45. The first kappa shape index (κ1) is 19.9. The maximum Gasteiger partial charge on any atom is 0.256 e. The largest absolute Gasteiger partial charge is 0.367 e. The normalized spacial score (nSPS) is 11.4. The van der Waals surface area contributed by atoms with Gasteiger partial charge in [-0.25, -0.2) is 9.97 Å². The van der Waals surface area contributed by atoms with Gasteiger partial charge in [-0.05, 0) is 61.6 Å². The molecule has 0 radical (unpaired) electrons. The second-order valence-electron chi connectivity index (χ2n) is 8.12. The van der Waals surface area contributed by atoms with Crippen molar-refractivity contribution in [1.29, 1.82) is 0 Å². The van der Waals surface area contributed by atoms with E-state index in [0.29, 0.717) is 22.9 Å². The lowest BCUT2D eigenvalue weighted by molar-refractivity contribution is 0.102. The summed E-state index contributed by atoms with van der Waals surface area (Å²) < 4.78 is 1.98. The van der Waals surface area contributed by atoms with Gasteiger partial charge in [0.25, 0.3) is 5.91 Å². The minimum absolute atomic E-state index is 0.166. The summed E-state index contributed by atoms with van der Waals surface area (Å²) in [4.78, 5) is 22.2. The first-order valence-electron chi connectivity index (χ1n) is 10.3. The van der Waals surface area contributed by atoms with E-state index in [-0.39, 0.29) is 5.91 Å². The van der Waals surface area contributed by atoms with Crippen molar-refractivity contribution in [3.8, 4) is 0 Å². The molecule has 0 aliphatic rings. The fraction of sp³-hybridized carbons (Fsp3) is 0.292. The van der Waals surface area contributed by atoms with E-state index in [9.17, 15) is 4.79 Å². The van der Waals surface area contributed by atoms with Gasteiger partial charge in [0.1, 0.15) is 5.82 Å². The topological polar surface area (TPSA) is 71.3 Å². The number of aromatic nitrogens is 3. The third kappa shape index (κ3) is 3.85. The smallest absolute Gasteiger partial charge is 0.256 e. The predicted octanol–water partition coefficient (Wildman–Crippen LogP) is 5.21. The number of carbonyl (C=O) groups is 1. The molecule has 4 aromatic rings. The Morgan fingerprint density at radius 1 is 1.10 bits per heavy atom. The van der Waals surface area contributed by atoms with E-state index in [1.54, 1.807) is 18.3 Å². The molecule has 0 fully saturated rings. The molecule has 0 spiro atoms. The van der Waals surface area contributed by atoms with Crippen molar-refractivity contribution in [1.82, 2.24) is 14.4 Å². The van der Waals surface area contributed by atoms with Crippen LogP contribution in [-0.4, -0.2) is 26.8 Å². The fourth-order valence-electron chi connectivity index (χ4n) is 3.45. The van der Waals surface area contributed by atoms with Gasteiger partial charge in [-0.15, -0.1) is 0 Å². The quantitative estimate of drug-likeness (QED) is 0.465. The van der Waals surface area contributed by atoms with Crippen LogP contribution >= 0.6 is 0 Å². The summed E-state index contributed by atoms with van der Waals surface area (Å²) in [6.45, 7) is 9.37. The van der Waals surface area contributed by atoms with Crippen molar-refractivity contribution < 1.29 is 4.79 Å². The molecule has 154 valence electrons. The average Bonchev–Trinajstić information content (AvgIpc) is 3.14. The number of hydrogen-bond donors (Lipinski definition) is 2. The first-order valence-corrected chi connectivity index (χ1v) is 10.3. The summed E-state index contributed by atoms with van der Waals surface area (Å²) in [6.07, 6.45) is 2.73. The zero-order valence-corrected chi connectivity index (χ0v) is 17.9. The number of carbonyl (C=O) groups excluding carboxylic acids is 1. The number of imidazole rings is 1. The van der Waals surface area contributed by atoms with Crippen molar-refractivity contribution in [2.75, 3.05) is 17.2 Å². The molecule has 0 saturated carbocycles. The first-order chi connectivity index (χ1) is 14.4. The van der Waals surface area contributed by atoms with Crippen LogP contribution in [0.1, 0.15) is 41.8 Å². The molecule has 2 aromatic carbocycles. The Balaban J connectivity index is 1.82. The van der Waals surface area contributed by atoms with Crippen LogP contribution in [0.25, 0.3) is 16.7 Å². The molecule has 2 heterocycles. The Morgan fingerprint density at radius 2 is 1.83 bits per heavy atom. The van der Waals surface area contributed by atoms with Crippen LogP contribution in [0.2, 0.25) is 0 Å². The summed E-state index contributed by atoms with van der Waals surface area (Å²) >= 11 is 0. The predicted molar refractivity (Wildman–Crippen MR) is 122 cm³/mol. The molecular weight excluding hydrogens is 374 g/mol. The molecule has 6 nitrogen and oxygen atoms in total. The zero-order chi connectivity index (χ0) is 21.3. The van der Waals surface area contributed by atoms with Gasteiger partial charge in [-0.2, -0.15) is 0 Å². The number of nitrogens with zero attached hydrogens (tertiary/aromatic N) is 3. The van der Waals surface area contributed by atoms with Gasteiger partial charge in [-0.1, -0.05) is 32.0 Å². The van der Waals surface area contributed by atoms with Gasteiger partial charge in [-0.3, -0.25) is 9.20 Å². The number of amides is 1. The minimum Gasteiger partial charge on any atom is -0.367 e. The molecule has 2 aromatic heterocycles. The number of aryl methyl sites for hydroxylation is 2. The second kappa shape index (κ2) is 8.14. The van der Waals surface area contributed by atoms with Crippen molar-refractivity contribution >= 4 is 34.2 Å². The maximum atomic E-state index is 12.8. The van der Waals surface area contributed by atoms with E-state index < -0.39 is 0 Å². The summed E-state index contributed by atoms with van der Waals surface area (Å²) in [5.41, 5.74) is 5.44. The number of anilines is 2. The van der Waals surface area contributed by atoms with Crippen LogP contribution in [-0.2, 0) is 0 Å². The van der Waals surface area contributed by atoms with Crippen molar-refractivity contribution in [3.05, 3.63) is 65.4 Å². The molecule has 0 aliphatic carbocycles. The van der Waals surface area contributed by atoms with Gasteiger partial charge in [0.05, 0.1) is 17.2 Å². The zero-order valence-electron chi connectivity index (χ0n) is 17.9. The lowest BCUT2D eigenvalue weighted by atomic mass is 10.1. The van der Waals surface area contributed by atoms with E-state index in [1.165, 1.54) is 11.1 Å². The number of rotatable bonds is 6. The highest BCUT2D eigenvalue weighted by Gasteiger charge is 2.16. The Labute approximate surface area is 176 Å². The summed E-state index contributed by atoms with van der Waals surface area (Å²) in [5.74, 6) is 1.79. The minimum atomic E-state index is -0.166. The van der Waals surface area contributed by atoms with E-state index >= 15 is 0 Å². The van der Waals surface area contributed by atoms with Crippen LogP contribution < -0.4 is 10.6 Å². The van der Waals surface area contributed by atoms with Crippen LogP contribution in [0.3, 0.4) is 0 Å². The van der Waals surface area contributed by atoms with Gasteiger partial charge < -0.3 is 10.6 Å². The third-order valence-corrected chi connectivity index (χ3v) is 5.33.